The summed E-state index contributed by atoms with van der Waals surface area (Å²) in [6.07, 6.45) is 0. The van der Waals surface area contributed by atoms with E-state index in [1.165, 1.54) is 50.2 Å². The molecule has 0 saturated carbocycles. The van der Waals surface area contributed by atoms with E-state index in [0.717, 1.165) is 0 Å². The summed E-state index contributed by atoms with van der Waals surface area (Å²) in [5.41, 5.74) is 0.434. The molecule has 0 aromatic heterocycles. The molecule has 1 aromatic rings. The fraction of sp³-hybridized carbons (Fsp3) is 0.333. The van der Waals surface area contributed by atoms with Gasteiger partial charge in [-0.15, -0.1) is 0 Å². The van der Waals surface area contributed by atoms with E-state index in [-0.39, 0.29) is 23.1 Å². The van der Waals surface area contributed by atoms with Crippen LogP contribution in [0.25, 0.3) is 0 Å². The van der Waals surface area contributed by atoms with Crippen LogP contribution >= 0.6 is 0 Å². The summed E-state index contributed by atoms with van der Waals surface area (Å²) in [5, 5.41) is 0. The van der Waals surface area contributed by atoms with E-state index in [1.807, 2.05) is 0 Å². The fourth-order valence-corrected chi connectivity index (χ4v) is 2.24. The Morgan fingerprint density at radius 3 is 2.11 bits per heavy atom. The molecule has 0 saturated heterocycles. The highest BCUT2D eigenvalue weighted by Crippen LogP contribution is 2.10. The van der Waals surface area contributed by atoms with Crippen molar-refractivity contribution >= 4 is 21.7 Å². The van der Waals surface area contributed by atoms with Crippen molar-refractivity contribution in [2.24, 2.45) is 0 Å². The number of Topliss-reactive ketones (excluding diaryl/α,β-unsaturated/α-hetero) is 1. The number of amides is 1. The van der Waals surface area contributed by atoms with Gasteiger partial charge in [0.2, 0.25) is 15.9 Å². The van der Waals surface area contributed by atoms with Crippen LogP contribution in [0.5, 0.6) is 0 Å². The van der Waals surface area contributed by atoms with Crippen LogP contribution in [-0.2, 0) is 14.8 Å². The van der Waals surface area contributed by atoms with E-state index < -0.39 is 10.0 Å². The van der Waals surface area contributed by atoms with Gasteiger partial charge in [0.15, 0.2) is 5.78 Å². The van der Waals surface area contributed by atoms with Crippen LogP contribution in [0, 0.1) is 0 Å². The fourth-order valence-electron chi connectivity index (χ4n) is 1.27. The molecule has 0 radical (unpaired) electrons. The van der Waals surface area contributed by atoms with E-state index >= 15 is 0 Å². The lowest BCUT2D eigenvalue weighted by Crippen LogP contribution is -2.36. The summed E-state index contributed by atoms with van der Waals surface area (Å²) in [4.78, 5) is 23.7. The molecule has 0 bridgehead atoms. The van der Waals surface area contributed by atoms with Gasteiger partial charge in [0.25, 0.3) is 0 Å². The van der Waals surface area contributed by atoms with Crippen molar-refractivity contribution in [2.75, 3.05) is 20.6 Å². The number of hydrogen-bond donors (Lipinski definition) is 1. The highest BCUT2D eigenvalue weighted by molar-refractivity contribution is 7.89. The van der Waals surface area contributed by atoms with Gasteiger partial charge in [-0.05, 0) is 19.1 Å². The number of carbonyl (C=O) groups is 2. The summed E-state index contributed by atoms with van der Waals surface area (Å²) in [6, 6.07) is 5.54. The number of nitrogens with zero attached hydrogens (tertiary/aromatic N) is 1. The molecule has 0 spiro atoms. The number of hydrogen-bond acceptors (Lipinski definition) is 4. The van der Waals surface area contributed by atoms with Gasteiger partial charge in [-0.3, -0.25) is 9.59 Å². The Balaban J connectivity index is 2.83. The number of ketones is 1. The molecule has 0 aliphatic heterocycles. The Hall–Kier alpha value is -1.73. The van der Waals surface area contributed by atoms with Crippen molar-refractivity contribution in [3.8, 4) is 0 Å². The number of nitrogens with one attached hydrogen (secondary N) is 1. The number of sulfonamides is 1. The second kappa shape index (κ2) is 5.94. The van der Waals surface area contributed by atoms with Gasteiger partial charge in [-0.2, -0.15) is 0 Å². The van der Waals surface area contributed by atoms with E-state index in [1.54, 1.807) is 0 Å². The average Bonchev–Trinajstić information content (AvgIpc) is 2.36. The third-order valence-corrected chi connectivity index (χ3v) is 3.90. The molecule has 6 nitrogen and oxygen atoms in total. The first-order valence-corrected chi connectivity index (χ1v) is 7.03. The van der Waals surface area contributed by atoms with Crippen LogP contribution in [0.3, 0.4) is 0 Å². The number of carbonyl (C=O) groups excluding carboxylic acids is 2. The highest BCUT2D eigenvalue weighted by atomic mass is 32.2. The van der Waals surface area contributed by atoms with Gasteiger partial charge >= 0.3 is 0 Å². The van der Waals surface area contributed by atoms with Crippen molar-refractivity contribution in [2.45, 2.75) is 11.8 Å². The summed E-state index contributed by atoms with van der Waals surface area (Å²) >= 11 is 0. The molecule has 1 aromatic carbocycles. The van der Waals surface area contributed by atoms with Crippen molar-refractivity contribution in [3.63, 3.8) is 0 Å². The second-order valence-corrected chi connectivity index (χ2v) is 5.96. The third kappa shape index (κ3) is 4.15. The van der Waals surface area contributed by atoms with Gasteiger partial charge in [-0.1, -0.05) is 12.1 Å². The highest BCUT2D eigenvalue weighted by Gasteiger charge is 2.16. The number of rotatable bonds is 5. The van der Waals surface area contributed by atoms with Crippen LogP contribution in [0.2, 0.25) is 0 Å². The lowest BCUT2D eigenvalue weighted by Gasteiger charge is -2.11. The summed E-state index contributed by atoms with van der Waals surface area (Å²) in [7, 11) is -0.660. The molecule has 0 aliphatic carbocycles. The van der Waals surface area contributed by atoms with E-state index in [2.05, 4.69) is 4.72 Å². The molecular formula is C12H16N2O4S. The van der Waals surface area contributed by atoms with Gasteiger partial charge in [0, 0.05) is 19.7 Å². The Kier molecular flexibility index (Phi) is 4.79. The minimum atomic E-state index is -3.74. The molecule has 0 fully saturated rings. The summed E-state index contributed by atoms with van der Waals surface area (Å²) in [5.74, 6) is -0.483. The molecule has 19 heavy (non-hydrogen) atoms. The average molecular weight is 284 g/mol. The predicted molar refractivity (Wildman–Crippen MR) is 70.3 cm³/mol. The largest absolute Gasteiger partial charge is 0.348 e. The zero-order valence-corrected chi connectivity index (χ0v) is 11.8. The molecule has 1 rings (SSSR count). The monoisotopic (exact) mass is 284 g/mol. The van der Waals surface area contributed by atoms with Gasteiger partial charge in [-0.25, -0.2) is 13.1 Å². The maximum absolute atomic E-state index is 11.9. The third-order valence-electron chi connectivity index (χ3n) is 2.48. The summed E-state index contributed by atoms with van der Waals surface area (Å²) in [6.45, 7) is 1.10. The Bertz CT molecular complexity index is 576. The Morgan fingerprint density at radius 2 is 1.68 bits per heavy atom. The van der Waals surface area contributed by atoms with Gasteiger partial charge in [0.05, 0.1) is 11.4 Å². The van der Waals surface area contributed by atoms with E-state index in [4.69, 9.17) is 0 Å². The standard InChI is InChI=1S/C12H16N2O4S/c1-9(15)10-4-6-11(7-5-10)19(17,18)13-8-12(16)14(2)3/h4-7,13H,8H2,1-3H3. The second-order valence-electron chi connectivity index (χ2n) is 4.19. The van der Waals surface area contributed by atoms with Gasteiger partial charge in [0.1, 0.15) is 0 Å². The van der Waals surface area contributed by atoms with Crippen molar-refractivity contribution in [1.82, 2.24) is 9.62 Å². The Labute approximate surface area is 112 Å². The molecule has 0 unspecified atom stereocenters. The lowest BCUT2D eigenvalue weighted by atomic mass is 10.2. The zero-order chi connectivity index (χ0) is 14.6. The first-order valence-electron chi connectivity index (χ1n) is 5.55. The first-order chi connectivity index (χ1) is 8.74. The van der Waals surface area contributed by atoms with Crippen molar-refractivity contribution in [1.29, 1.82) is 0 Å². The minimum Gasteiger partial charge on any atom is -0.348 e. The van der Waals surface area contributed by atoms with Gasteiger partial charge < -0.3 is 4.90 Å². The maximum atomic E-state index is 11.9. The van der Waals surface area contributed by atoms with Crippen molar-refractivity contribution in [3.05, 3.63) is 29.8 Å². The van der Waals surface area contributed by atoms with Crippen molar-refractivity contribution < 1.29 is 18.0 Å². The molecule has 0 atom stereocenters. The Morgan fingerprint density at radius 1 is 1.16 bits per heavy atom. The molecule has 0 heterocycles. The van der Waals surface area contributed by atoms with Crippen LogP contribution in [0.4, 0.5) is 0 Å². The van der Waals surface area contributed by atoms with E-state index in [0.29, 0.717) is 5.56 Å². The molecular weight excluding hydrogens is 268 g/mol. The molecule has 1 amide bonds. The van der Waals surface area contributed by atoms with Crippen LogP contribution < -0.4 is 4.72 Å². The van der Waals surface area contributed by atoms with Crippen LogP contribution in [0.1, 0.15) is 17.3 Å². The normalized spacial score (nSPS) is 11.1. The smallest absolute Gasteiger partial charge is 0.241 e. The van der Waals surface area contributed by atoms with Crippen LogP contribution in [0.15, 0.2) is 29.2 Å². The topological polar surface area (TPSA) is 83.5 Å². The molecule has 7 heteroatoms. The minimum absolute atomic E-state index is 0.0176. The quantitative estimate of drug-likeness (QED) is 0.786. The van der Waals surface area contributed by atoms with E-state index in [9.17, 15) is 18.0 Å². The first kappa shape index (κ1) is 15.3. The number of likely N-dealkylation sites (N-methyl/N-ethyl adjacent to an activating group) is 1. The summed E-state index contributed by atoms with van der Waals surface area (Å²) < 4.78 is 25.9. The SMILES string of the molecule is CC(=O)c1ccc(S(=O)(=O)NCC(=O)N(C)C)cc1. The molecule has 104 valence electrons. The molecule has 0 aliphatic rings. The lowest BCUT2D eigenvalue weighted by molar-refractivity contribution is -0.127. The zero-order valence-electron chi connectivity index (χ0n) is 11.0. The predicted octanol–water partition coefficient (Wildman–Crippen LogP) is 0.256. The maximum Gasteiger partial charge on any atom is 0.241 e. The molecule has 1 N–H and O–H groups in total. The number of benzene rings is 1. The van der Waals surface area contributed by atoms with Crippen LogP contribution in [-0.4, -0.2) is 45.6 Å².